The van der Waals surface area contributed by atoms with E-state index in [9.17, 15) is 19.7 Å². The molecule has 1 aliphatic heterocycles. The van der Waals surface area contributed by atoms with Gasteiger partial charge in [-0.15, -0.1) is 11.8 Å². The number of carbonyl (C=O) groups excluding carboxylic acids is 2. The van der Waals surface area contributed by atoms with Gasteiger partial charge in [-0.2, -0.15) is 0 Å². The monoisotopic (exact) mass is 466 g/mol. The lowest BCUT2D eigenvalue weighted by molar-refractivity contribution is -0.384. The van der Waals surface area contributed by atoms with Crippen molar-refractivity contribution in [1.29, 1.82) is 0 Å². The molecule has 1 aromatic heterocycles. The Balaban J connectivity index is 1.37. The van der Waals surface area contributed by atoms with Gasteiger partial charge in [0.15, 0.2) is 0 Å². The van der Waals surface area contributed by atoms with Crippen LogP contribution >= 0.6 is 11.8 Å². The molecule has 0 unspecified atom stereocenters. The highest BCUT2D eigenvalue weighted by Crippen LogP contribution is 2.30. The molecule has 1 N–H and O–H groups in total. The molecule has 0 radical (unpaired) electrons. The highest BCUT2D eigenvalue weighted by atomic mass is 32.2. The summed E-state index contributed by atoms with van der Waals surface area (Å²) in [6, 6.07) is 13.6. The zero-order chi connectivity index (χ0) is 23.2. The summed E-state index contributed by atoms with van der Waals surface area (Å²) >= 11 is 1.56. The minimum absolute atomic E-state index is 0.0471. The molecule has 8 nitrogen and oxygen atoms in total. The van der Waals surface area contributed by atoms with Crippen molar-refractivity contribution in [1.82, 2.24) is 14.8 Å². The third-order valence-electron chi connectivity index (χ3n) is 5.79. The van der Waals surface area contributed by atoms with Crippen LogP contribution in [0.15, 0.2) is 59.6 Å². The first-order valence-electron chi connectivity index (χ1n) is 11.0. The highest BCUT2D eigenvalue weighted by molar-refractivity contribution is 8.00. The van der Waals surface area contributed by atoms with Crippen LogP contribution in [-0.2, 0) is 11.3 Å². The van der Waals surface area contributed by atoms with Crippen molar-refractivity contribution in [3.05, 3.63) is 70.4 Å². The highest BCUT2D eigenvalue weighted by Gasteiger charge is 2.18. The number of aromatic nitrogens is 1. The van der Waals surface area contributed by atoms with Crippen molar-refractivity contribution in [2.45, 2.75) is 30.7 Å². The third kappa shape index (κ3) is 5.54. The molecule has 3 aromatic rings. The number of nitro benzene ring substituents is 1. The first kappa shape index (κ1) is 22.8. The van der Waals surface area contributed by atoms with Gasteiger partial charge in [0, 0.05) is 65.9 Å². The van der Waals surface area contributed by atoms with Crippen LogP contribution < -0.4 is 5.32 Å². The van der Waals surface area contributed by atoms with Gasteiger partial charge in [0.2, 0.25) is 5.91 Å². The van der Waals surface area contributed by atoms with Crippen LogP contribution in [0.2, 0.25) is 0 Å². The summed E-state index contributed by atoms with van der Waals surface area (Å²) < 4.78 is 2.08. The quantitative estimate of drug-likeness (QED) is 0.306. The van der Waals surface area contributed by atoms with E-state index in [0.717, 1.165) is 41.7 Å². The maximum atomic E-state index is 12.6. The van der Waals surface area contributed by atoms with Crippen LogP contribution in [0.1, 0.15) is 29.6 Å². The summed E-state index contributed by atoms with van der Waals surface area (Å²) in [5, 5.41) is 14.7. The number of non-ortho nitro benzene ring substituents is 1. The zero-order valence-corrected chi connectivity index (χ0v) is 19.1. The summed E-state index contributed by atoms with van der Waals surface area (Å²) in [5.41, 5.74) is 1.38. The maximum absolute atomic E-state index is 12.6. The van der Waals surface area contributed by atoms with Crippen LogP contribution in [0.4, 0.5) is 5.69 Å². The minimum Gasteiger partial charge on any atom is -0.350 e. The average Bonchev–Trinajstić information content (AvgIpc) is 3.20. The van der Waals surface area contributed by atoms with Crippen molar-refractivity contribution >= 4 is 40.2 Å². The molecule has 2 amide bonds. The molecule has 0 spiro atoms. The molecule has 2 heterocycles. The Morgan fingerprint density at radius 2 is 1.76 bits per heavy atom. The Morgan fingerprint density at radius 3 is 2.48 bits per heavy atom. The van der Waals surface area contributed by atoms with E-state index in [1.54, 1.807) is 11.8 Å². The van der Waals surface area contributed by atoms with Crippen LogP contribution in [0.25, 0.3) is 10.9 Å². The molecule has 1 saturated heterocycles. The van der Waals surface area contributed by atoms with E-state index >= 15 is 0 Å². The molecule has 0 saturated carbocycles. The predicted octanol–water partition coefficient (Wildman–Crippen LogP) is 4.08. The Morgan fingerprint density at radius 1 is 1.03 bits per heavy atom. The number of rotatable bonds is 8. The molecule has 172 valence electrons. The molecule has 0 aliphatic carbocycles. The summed E-state index contributed by atoms with van der Waals surface area (Å²) in [7, 11) is 0. The number of fused-ring (bicyclic) bond motifs is 1. The number of para-hydroxylation sites is 1. The number of amides is 2. The molecule has 33 heavy (non-hydrogen) atoms. The second-order valence-corrected chi connectivity index (χ2v) is 9.01. The Hall–Kier alpha value is -3.33. The average molecular weight is 467 g/mol. The number of nitrogens with zero attached hydrogens (tertiary/aromatic N) is 3. The van der Waals surface area contributed by atoms with Crippen LogP contribution in [0.3, 0.4) is 0 Å². The van der Waals surface area contributed by atoms with Crippen LogP contribution in [0, 0.1) is 10.1 Å². The standard InChI is InChI=1S/C24H26N4O4S/c29-23(26-13-4-1-5-14-26)17-33-22-16-27(21-7-3-2-6-20(21)22)15-12-25-24(30)18-8-10-19(11-9-18)28(31)32/h2-3,6-11,16H,1,4-5,12-15,17H2,(H,25,30). The number of benzene rings is 2. The zero-order valence-electron chi connectivity index (χ0n) is 18.2. The normalized spacial score (nSPS) is 13.8. The van der Waals surface area contributed by atoms with Gasteiger partial charge < -0.3 is 14.8 Å². The largest absolute Gasteiger partial charge is 0.350 e. The van der Waals surface area contributed by atoms with E-state index in [-0.39, 0.29) is 17.5 Å². The second-order valence-electron chi connectivity index (χ2n) is 7.99. The first-order valence-corrected chi connectivity index (χ1v) is 12.0. The van der Waals surface area contributed by atoms with Crippen molar-refractivity contribution in [3.8, 4) is 0 Å². The Bertz CT molecular complexity index is 1150. The second kappa shape index (κ2) is 10.5. The SMILES string of the molecule is O=C(NCCn1cc(SCC(=O)N2CCCCC2)c2ccccc21)c1ccc([N+](=O)[O-])cc1. The number of piperidine rings is 1. The van der Waals surface area contributed by atoms with Gasteiger partial charge in [-0.25, -0.2) is 0 Å². The van der Waals surface area contributed by atoms with E-state index in [2.05, 4.69) is 16.0 Å². The molecule has 1 aliphatic rings. The number of carbonyl (C=O) groups is 2. The summed E-state index contributed by atoms with van der Waals surface area (Å²) in [5.74, 6) is 0.334. The molecule has 1 fully saturated rings. The van der Waals surface area contributed by atoms with Gasteiger partial charge in [0.05, 0.1) is 10.7 Å². The van der Waals surface area contributed by atoms with Gasteiger partial charge in [-0.3, -0.25) is 19.7 Å². The summed E-state index contributed by atoms with van der Waals surface area (Å²) in [4.78, 5) is 38.2. The number of hydrogen-bond donors (Lipinski definition) is 1. The van der Waals surface area contributed by atoms with Gasteiger partial charge in [0.1, 0.15) is 0 Å². The number of nitro groups is 1. The van der Waals surface area contributed by atoms with Crippen molar-refractivity contribution in [2.75, 3.05) is 25.4 Å². The van der Waals surface area contributed by atoms with E-state index in [4.69, 9.17) is 0 Å². The molecular formula is C24H26N4O4S. The molecule has 9 heteroatoms. The topological polar surface area (TPSA) is 97.5 Å². The third-order valence-corrected chi connectivity index (χ3v) is 6.82. The van der Waals surface area contributed by atoms with Crippen molar-refractivity contribution < 1.29 is 14.5 Å². The Labute approximate surface area is 196 Å². The van der Waals surface area contributed by atoms with Crippen molar-refractivity contribution in [2.24, 2.45) is 0 Å². The smallest absolute Gasteiger partial charge is 0.269 e. The van der Waals surface area contributed by atoms with E-state index in [1.807, 2.05) is 29.3 Å². The molecule has 2 aromatic carbocycles. The molecule has 0 atom stereocenters. The van der Waals surface area contributed by atoms with Gasteiger partial charge in [-0.1, -0.05) is 18.2 Å². The fourth-order valence-electron chi connectivity index (χ4n) is 4.01. The van der Waals surface area contributed by atoms with Crippen LogP contribution in [0.5, 0.6) is 0 Å². The van der Waals surface area contributed by atoms with E-state index in [1.165, 1.54) is 30.7 Å². The van der Waals surface area contributed by atoms with E-state index in [0.29, 0.717) is 24.4 Å². The lowest BCUT2D eigenvalue weighted by Crippen LogP contribution is -2.36. The fourth-order valence-corrected chi connectivity index (χ4v) is 5.01. The predicted molar refractivity (Wildman–Crippen MR) is 129 cm³/mol. The van der Waals surface area contributed by atoms with Gasteiger partial charge in [-0.05, 0) is 37.5 Å². The van der Waals surface area contributed by atoms with Crippen molar-refractivity contribution in [3.63, 3.8) is 0 Å². The number of thioether (sulfide) groups is 1. The minimum atomic E-state index is -0.492. The summed E-state index contributed by atoms with van der Waals surface area (Å²) in [6.07, 6.45) is 5.41. The maximum Gasteiger partial charge on any atom is 0.269 e. The molecular weight excluding hydrogens is 440 g/mol. The number of hydrogen-bond acceptors (Lipinski definition) is 5. The fraction of sp³-hybridized carbons (Fsp3) is 0.333. The van der Waals surface area contributed by atoms with Gasteiger partial charge in [0.25, 0.3) is 11.6 Å². The number of nitrogens with one attached hydrogen (secondary N) is 1. The molecule has 4 rings (SSSR count). The first-order chi connectivity index (χ1) is 16.0. The Kier molecular flexibility index (Phi) is 7.29. The lowest BCUT2D eigenvalue weighted by atomic mass is 10.1. The van der Waals surface area contributed by atoms with E-state index < -0.39 is 4.92 Å². The van der Waals surface area contributed by atoms with Crippen LogP contribution in [-0.4, -0.2) is 51.6 Å². The summed E-state index contributed by atoms with van der Waals surface area (Å²) in [6.45, 7) is 2.69. The number of likely N-dealkylation sites (tertiary alicyclic amines) is 1. The molecule has 0 bridgehead atoms. The lowest BCUT2D eigenvalue weighted by Gasteiger charge is -2.26. The van der Waals surface area contributed by atoms with Gasteiger partial charge >= 0.3 is 0 Å².